The fourth-order valence-corrected chi connectivity index (χ4v) is 0.573. The Morgan fingerprint density at radius 1 is 1.89 bits per heavy atom. The quantitative estimate of drug-likeness (QED) is 0.694. The lowest BCUT2D eigenvalue weighted by molar-refractivity contribution is -0.140. The molecule has 0 aromatic rings. The first-order valence-electron chi connectivity index (χ1n) is 2.35. The van der Waals surface area contributed by atoms with E-state index in [1.165, 1.54) is 0 Å². The molecular formula is C4H8INO3. The van der Waals surface area contributed by atoms with Crippen molar-refractivity contribution in [1.82, 2.24) is 0 Å². The summed E-state index contributed by atoms with van der Waals surface area (Å²) < 4.78 is 4.64. The minimum Gasteiger partial charge on any atom is -0.480 e. The van der Waals surface area contributed by atoms with Crippen LogP contribution in [0, 0.1) is 0 Å². The van der Waals surface area contributed by atoms with Gasteiger partial charge in [-0.2, -0.15) is 0 Å². The van der Waals surface area contributed by atoms with Gasteiger partial charge in [0.2, 0.25) is 0 Å². The van der Waals surface area contributed by atoms with Crippen molar-refractivity contribution in [2.24, 2.45) is 5.73 Å². The Balaban J connectivity index is 3.72. The van der Waals surface area contributed by atoms with Gasteiger partial charge in [-0.25, -0.2) is 0 Å². The van der Waals surface area contributed by atoms with Crippen molar-refractivity contribution in [2.75, 3.05) is 0 Å². The minimum atomic E-state index is -1.04. The average molecular weight is 245 g/mol. The monoisotopic (exact) mass is 245 g/mol. The number of carboxylic acid groups (broad SMARTS) is 1. The number of hydrogen-bond donors (Lipinski definition) is 2. The number of carbonyl (C=O) groups is 1. The minimum absolute atomic E-state index is 0.442. The first-order valence-corrected chi connectivity index (χ1v) is 3.23. The van der Waals surface area contributed by atoms with Gasteiger partial charge in [-0.3, -0.25) is 4.79 Å². The number of nitrogens with two attached hydrogens (primary N) is 1. The van der Waals surface area contributed by atoms with Gasteiger partial charge in [0, 0.05) is 0 Å². The topological polar surface area (TPSA) is 72.5 Å². The molecule has 3 N–H and O–H groups in total. The number of halogens is 1. The van der Waals surface area contributed by atoms with E-state index in [4.69, 9.17) is 10.8 Å². The van der Waals surface area contributed by atoms with E-state index in [-0.39, 0.29) is 0 Å². The summed E-state index contributed by atoms with van der Waals surface area (Å²) in [5.41, 5.74) is 5.14. The Hall–Kier alpha value is 0.120. The highest BCUT2D eigenvalue weighted by Gasteiger charge is 2.19. The van der Waals surface area contributed by atoms with E-state index >= 15 is 0 Å². The standard InChI is InChI=1S/C4H8INO3/c1-2(9-5)3(6)4(7)8/h2-3H,6H2,1H3,(H,7,8)/t2-,3+/m1/s1. The van der Waals surface area contributed by atoms with E-state index < -0.39 is 18.1 Å². The van der Waals surface area contributed by atoms with Crippen molar-refractivity contribution >= 4 is 29.0 Å². The number of hydrogen-bond acceptors (Lipinski definition) is 3. The Labute approximate surface area is 67.1 Å². The van der Waals surface area contributed by atoms with Crippen molar-refractivity contribution in [2.45, 2.75) is 19.1 Å². The van der Waals surface area contributed by atoms with Crippen LogP contribution in [0.4, 0.5) is 0 Å². The van der Waals surface area contributed by atoms with Gasteiger partial charge in [0.1, 0.15) is 29.0 Å². The highest BCUT2D eigenvalue weighted by Crippen LogP contribution is 2.00. The second-order valence-corrected chi connectivity index (χ2v) is 2.17. The van der Waals surface area contributed by atoms with E-state index in [1.54, 1.807) is 29.9 Å². The summed E-state index contributed by atoms with van der Waals surface area (Å²) in [6, 6.07) is -0.929. The summed E-state index contributed by atoms with van der Waals surface area (Å²) in [6.45, 7) is 1.60. The summed E-state index contributed by atoms with van der Waals surface area (Å²) in [5.74, 6) is -1.04. The van der Waals surface area contributed by atoms with Gasteiger partial charge in [-0.1, -0.05) is 0 Å². The van der Waals surface area contributed by atoms with Crippen LogP contribution >= 0.6 is 23.0 Å². The fourth-order valence-electron chi connectivity index (χ4n) is 0.256. The predicted molar refractivity (Wildman–Crippen MR) is 40.2 cm³/mol. The molecule has 0 fully saturated rings. The second kappa shape index (κ2) is 4.02. The molecule has 0 amide bonds. The third-order valence-corrected chi connectivity index (χ3v) is 1.73. The Kier molecular flexibility index (Phi) is 4.07. The zero-order valence-corrected chi connectivity index (χ0v) is 7.03. The van der Waals surface area contributed by atoms with Crippen molar-refractivity contribution in [3.63, 3.8) is 0 Å². The molecule has 0 radical (unpaired) electrons. The van der Waals surface area contributed by atoms with Crippen molar-refractivity contribution < 1.29 is 13.0 Å². The molecule has 0 spiro atoms. The smallest absolute Gasteiger partial charge is 0.323 e. The van der Waals surface area contributed by atoms with Gasteiger partial charge in [-0.05, 0) is 6.92 Å². The maximum atomic E-state index is 10.1. The molecule has 0 saturated carbocycles. The molecule has 0 aliphatic carbocycles. The molecule has 0 aromatic heterocycles. The molecule has 54 valence electrons. The van der Waals surface area contributed by atoms with Crippen LogP contribution in [-0.4, -0.2) is 23.2 Å². The summed E-state index contributed by atoms with van der Waals surface area (Å²) >= 11 is 1.62. The van der Waals surface area contributed by atoms with Crippen LogP contribution in [0.1, 0.15) is 6.92 Å². The molecule has 0 bridgehead atoms. The van der Waals surface area contributed by atoms with Crippen molar-refractivity contribution in [3.05, 3.63) is 0 Å². The zero-order chi connectivity index (χ0) is 7.44. The first-order chi connectivity index (χ1) is 4.09. The number of aliphatic carboxylic acids is 1. The van der Waals surface area contributed by atoms with Gasteiger partial charge in [-0.15, -0.1) is 0 Å². The van der Waals surface area contributed by atoms with Crippen LogP contribution in [0.15, 0.2) is 0 Å². The Morgan fingerprint density at radius 2 is 2.33 bits per heavy atom. The zero-order valence-electron chi connectivity index (χ0n) is 4.87. The van der Waals surface area contributed by atoms with E-state index in [1.807, 2.05) is 0 Å². The third-order valence-electron chi connectivity index (χ3n) is 0.931. The lowest BCUT2D eigenvalue weighted by atomic mass is 10.2. The van der Waals surface area contributed by atoms with E-state index in [9.17, 15) is 4.79 Å². The molecular weight excluding hydrogens is 237 g/mol. The maximum absolute atomic E-state index is 10.1. The number of rotatable bonds is 3. The van der Waals surface area contributed by atoms with Crippen LogP contribution in [0.5, 0.6) is 0 Å². The van der Waals surface area contributed by atoms with Crippen LogP contribution < -0.4 is 5.73 Å². The molecule has 0 aliphatic rings. The Bertz CT molecular complexity index is 108. The van der Waals surface area contributed by atoms with E-state index in [0.717, 1.165) is 0 Å². The van der Waals surface area contributed by atoms with Crippen LogP contribution in [0.25, 0.3) is 0 Å². The second-order valence-electron chi connectivity index (χ2n) is 1.66. The Morgan fingerprint density at radius 3 is 2.44 bits per heavy atom. The normalized spacial score (nSPS) is 16.8. The average Bonchev–Trinajstić information content (AvgIpc) is 1.84. The highest BCUT2D eigenvalue weighted by molar-refractivity contribution is 14.1. The molecule has 0 aliphatic heterocycles. The SMILES string of the molecule is C[C@@H](OI)[C@H](N)C(=O)O. The highest BCUT2D eigenvalue weighted by atomic mass is 127. The van der Waals surface area contributed by atoms with Crippen LogP contribution in [0.3, 0.4) is 0 Å². The van der Waals surface area contributed by atoms with Gasteiger partial charge in [0.15, 0.2) is 0 Å². The molecule has 4 nitrogen and oxygen atoms in total. The lowest BCUT2D eigenvalue weighted by Crippen LogP contribution is -2.40. The first kappa shape index (κ1) is 9.12. The van der Waals surface area contributed by atoms with Crippen LogP contribution in [0.2, 0.25) is 0 Å². The summed E-state index contributed by atoms with van der Waals surface area (Å²) in [6.07, 6.45) is -0.442. The molecule has 0 unspecified atom stereocenters. The van der Waals surface area contributed by atoms with Gasteiger partial charge in [0.05, 0.1) is 6.10 Å². The molecule has 0 aromatic carbocycles. The third kappa shape index (κ3) is 2.97. The van der Waals surface area contributed by atoms with Crippen LogP contribution in [-0.2, 0) is 7.86 Å². The van der Waals surface area contributed by atoms with E-state index in [2.05, 4.69) is 3.07 Å². The molecule has 0 saturated heterocycles. The molecule has 9 heavy (non-hydrogen) atoms. The van der Waals surface area contributed by atoms with Crippen molar-refractivity contribution in [3.8, 4) is 0 Å². The van der Waals surface area contributed by atoms with E-state index in [0.29, 0.717) is 0 Å². The van der Waals surface area contributed by atoms with Gasteiger partial charge in [0.25, 0.3) is 0 Å². The largest absolute Gasteiger partial charge is 0.480 e. The summed E-state index contributed by atoms with van der Waals surface area (Å²) in [5, 5.41) is 8.28. The number of carboxylic acids is 1. The maximum Gasteiger partial charge on any atom is 0.323 e. The molecule has 2 atom stereocenters. The molecule has 5 heteroatoms. The predicted octanol–water partition coefficient (Wildman–Crippen LogP) is 0.153. The lowest BCUT2D eigenvalue weighted by Gasteiger charge is -2.10. The fraction of sp³-hybridized carbons (Fsp3) is 0.750. The summed E-state index contributed by atoms with van der Waals surface area (Å²) in [4.78, 5) is 10.1. The molecule has 0 rings (SSSR count). The summed E-state index contributed by atoms with van der Waals surface area (Å²) in [7, 11) is 0. The molecule has 0 heterocycles. The van der Waals surface area contributed by atoms with Crippen molar-refractivity contribution in [1.29, 1.82) is 0 Å². The van der Waals surface area contributed by atoms with Gasteiger partial charge >= 0.3 is 5.97 Å². The van der Waals surface area contributed by atoms with Gasteiger partial charge < -0.3 is 13.9 Å².